The van der Waals surface area contributed by atoms with Crippen molar-refractivity contribution in [3.8, 4) is 5.75 Å². The number of nitrogens with zero attached hydrogens (tertiary/aromatic N) is 1. The SMILES string of the molecule is CN1CCC(CCCC(=O)N[C@H](CC(=O)NCCc2ccc(O)cc2)C(N)=O)CC1. The minimum atomic E-state index is -1.01. The number of piperidine rings is 1. The molecule has 5 N–H and O–H groups in total. The number of hydrogen-bond acceptors (Lipinski definition) is 5. The molecule has 30 heavy (non-hydrogen) atoms. The van der Waals surface area contributed by atoms with Gasteiger partial charge in [-0.1, -0.05) is 12.1 Å². The average Bonchev–Trinajstić information content (AvgIpc) is 2.70. The molecule has 1 aliphatic rings. The lowest BCUT2D eigenvalue weighted by molar-refractivity contribution is -0.130. The van der Waals surface area contributed by atoms with Crippen LogP contribution in [0.5, 0.6) is 5.75 Å². The van der Waals surface area contributed by atoms with E-state index in [1.54, 1.807) is 24.3 Å². The summed E-state index contributed by atoms with van der Waals surface area (Å²) in [5.41, 5.74) is 6.33. The monoisotopic (exact) mass is 418 g/mol. The number of rotatable bonds is 11. The summed E-state index contributed by atoms with van der Waals surface area (Å²) in [5, 5.41) is 14.6. The Hall–Kier alpha value is -2.61. The van der Waals surface area contributed by atoms with E-state index in [2.05, 4.69) is 22.6 Å². The Morgan fingerprint density at radius 1 is 1.17 bits per heavy atom. The van der Waals surface area contributed by atoms with Crippen LogP contribution >= 0.6 is 0 Å². The highest BCUT2D eigenvalue weighted by Crippen LogP contribution is 2.21. The van der Waals surface area contributed by atoms with Gasteiger partial charge in [0.2, 0.25) is 17.7 Å². The van der Waals surface area contributed by atoms with Crippen molar-refractivity contribution in [3.05, 3.63) is 29.8 Å². The van der Waals surface area contributed by atoms with Crippen LogP contribution in [0.25, 0.3) is 0 Å². The van der Waals surface area contributed by atoms with Gasteiger partial charge in [-0.2, -0.15) is 0 Å². The van der Waals surface area contributed by atoms with Crippen molar-refractivity contribution in [2.75, 3.05) is 26.7 Å². The Balaban J connectivity index is 1.65. The van der Waals surface area contributed by atoms with Crippen LogP contribution in [0.4, 0.5) is 0 Å². The van der Waals surface area contributed by atoms with Crippen molar-refractivity contribution in [2.24, 2.45) is 11.7 Å². The molecule has 3 amide bonds. The summed E-state index contributed by atoms with van der Waals surface area (Å²) < 4.78 is 0. The predicted octanol–water partition coefficient (Wildman–Crippen LogP) is 0.923. The molecule has 2 rings (SSSR count). The van der Waals surface area contributed by atoms with Crippen LogP contribution < -0.4 is 16.4 Å². The van der Waals surface area contributed by atoms with Crippen molar-refractivity contribution < 1.29 is 19.5 Å². The Morgan fingerprint density at radius 3 is 2.47 bits per heavy atom. The second-order valence-corrected chi connectivity index (χ2v) is 8.13. The molecule has 0 bridgehead atoms. The van der Waals surface area contributed by atoms with Crippen LogP contribution in [0.3, 0.4) is 0 Å². The zero-order valence-corrected chi connectivity index (χ0v) is 17.7. The molecule has 1 aromatic rings. The number of hydrogen-bond donors (Lipinski definition) is 4. The number of nitrogens with two attached hydrogens (primary N) is 1. The van der Waals surface area contributed by atoms with Crippen LogP contribution in [-0.4, -0.2) is 60.5 Å². The van der Waals surface area contributed by atoms with Gasteiger partial charge in [0.25, 0.3) is 0 Å². The maximum Gasteiger partial charge on any atom is 0.240 e. The van der Waals surface area contributed by atoms with Gasteiger partial charge in [-0.05, 0) is 75.9 Å². The van der Waals surface area contributed by atoms with Gasteiger partial charge >= 0.3 is 0 Å². The maximum absolute atomic E-state index is 12.2. The third-order valence-corrected chi connectivity index (χ3v) is 5.59. The van der Waals surface area contributed by atoms with Gasteiger partial charge in [0.1, 0.15) is 11.8 Å². The largest absolute Gasteiger partial charge is 0.508 e. The Morgan fingerprint density at radius 2 is 1.83 bits per heavy atom. The van der Waals surface area contributed by atoms with Gasteiger partial charge in [0.15, 0.2) is 0 Å². The smallest absolute Gasteiger partial charge is 0.240 e. The minimum Gasteiger partial charge on any atom is -0.508 e. The molecule has 1 fully saturated rings. The first kappa shape index (κ1) is 23.7. The summed E-state index contributed by atoms with van der Waals surface area (Å²) >= 11 is 0. The molecule has 0 unspecified atom stereocenters. The van der Waals surface area contributed by atoms with E-state index in [0.717, 1.165) is 44.3 Å². The minimum absolute atomic E-state index is 0.175. The molecule has 8 heteroatoms. The average molecular weight is 419 g/mol. The van der Waals surface area contributed by atoms with Crippen molar-refractivity contribution in [2.45, 2.75) is 51.0 Å². The zero-order chi connectivity index (χ0) is 21.9. The number of benzene rings is 1. The number of carbonyl (C=O) groups excluding carboxylic acids is 3. The van der Waals surface area contributed by atoms with Gasteiger partial charge in [-0.25, -0.2) is 0 Å². The topological polar surface area (TPSA) is 125 Å². The fraction of sp³-hybridized carbons (Fsp3) is 0.591. The molecule has 1 atom stereocenters. The number of carbonyl (C=O) groups is 3. The number of primary amides is 1. The first-order valence-corrected chi connectivity index (χ1v) is 10.7. The van der Waals surface area contributed by atoms with Gasteiger partial charge in [0, 0.05) is 13.0 Å². The van der Waals surface area contributed by atoms with Crippen LogP contribution in [0.1, 0.15) is 44.1 Å². The van der Waals surface area contributed by atoms with E-state index in [1.165, 1.54) is 0 Å². The highest BCUT2D eigenvalue weighted by Gasteiger charge is 2.22. The van der Waals surface area contributed by atoms with E-state index in [1.807, 2.05) is 0 Å². The van der Waals surface area contributed by atoms with Gasteiger partial charge in [-0.3, -0.25) is 14.4 Å². The summed E-state index contributed by atoms with van der Waals surface area (Å²) in [7, 11) is 2.12. The van der Waals surface area contributed by atoms with Crippen LogP contribution in [-0.2, 0) is 20.8 Å². The van der Waals surface area contributed by atoms with Crippen LogP contribution in [0.2, 0.25) is 0 Å². The lowest BCUT2D eigenvalue weighted by Gasteiger charge is -2.28. The third-order valence-electron chi connectivity index (χ3n) is 5.59. The fourth-order valence-corrected chi connectivity index (χ4v) is 3.66. The standard InChI is InChI=1S/C22H34N4O4/c1-26-13-10-16(11-14-26)3-2-4-20(28)25-19(22(23)30)15-21(29)24-12-9-17-5-7-18(27)8-6-17/h5-8,16,19,27H,2-4,9-15H2,1H3,(H2,23,30)(H,24,29)(H,25,28)/t19-/m1/s1. The predicted molar refractivity (Wildman–Crippen MR) is 115 cm³/mol. The number of phenolic OH excluding ortho intramolecular Hbond substituents is 1. The number of nitrogens with one attached hydrogen (secondary N) is 2. The van der Waals surface area contributed by atoms with Crippen molar-refractivity contribution >= 4 is 17.7 Å². The fourth-order valence-electron chi connectivity index (χ4n) is 3.66. The number of amides is 3. The molecular weight excluding hydrogens is 384 g/mol. The van der Waals surface area contributed by atoms with Crippen molar-refractivity contribution in [3.63, 3.8) is 0 Å². The van der Waals surface area contributed by atoms with E-state index in [9.17, 15) is 19.5 Å². The van der Waals surface area contributed by atoms with Gasteiger partial charge in [0.05, 0.1) is 6.42 Å². The van der Waals surface area contributed by atoms with E-state index in [4.69, 9.17) is 5.73 Å². The molecule has 0 spiro atoms. The second-order valence-electron chi connectivity index (χ2n) is 8.13. The molecule has 166 valence electrons. The quantitative estimate of drug-likeness (QED) is 0.425. The van der Waals surface area contributed by atoms with E-state index >= 15 is 0 Å². The first-order valence-electron chi connectivity index (χ1n) is 10.7. The molecule has 0 saturated carbocycles. The highest BCUT2D eigenvalue weighted by molar-refractivity contribution is 5.91. The maximum atomic E-state index is 12.2. The molecule has 1 aliphatic heterocycles. The second kappa shape index (κ2) is 12.2. The van der Waals surface area contributed by atoms with E-state index in [0.29, 0.717) is 25.3 Å². The third kappa shape index (κ3) is 8.82. The highest BCUT2D eigenvalue weighted by atomic mass is 16.3. The molecule has 1 saturated heterocycles. The molecule has 0 aromatic heterocycles. The molecule has 1 aromatic carbocycles. The van der Waals surface area contributed by atoms with Gasteiger partial charge < -0.3 is 26.4 Å². The Bertz CT molecular complexity index is 700. The molecule has 0 radical (unpaired) electrons. The summed E-state index contributed by atoms with van der Waals surface area (Å²) in [6.07, 6.45) is 4.84. The summed E-state index contributed by atoms with van der Waals surface area (Å²) in [4.78, 5) is 38.3. The molecule has 8 nitrogen and oxygen atoms in total. The van der Waals surface area contributed by atoms with Crippen molar-refractivity contribution in [1.82, 2.24) is 15.5 Å². The number of aromatic hydroxyl groups is 1. The Labute approximate surface area is 178 Å². The molecular formula is C22H34N4O4. The van der Waals surface area contributed by atoms with E-state index < -0.39 is 11.9 Å². The lowest BCUT2D eigenvalue weighted by atomic mass is 9.92. The first-order chi connectivity index (χ1) is 14.3. The zero-order valence-electron chi connectivity index (χ0n) is 17.7. The summed E-state index contributed by atoms with van der Waals surface area (Å²) in [6.45, 7) is 2.59. The summed E-state index contributed by atoms with van der Waals surface area (Å²) in [5.74, 6) is -0.463. The number of phenols is 1. The van der Waals surface area contributed by atoms with Crippen LogP contribution in [0.15, 0.2) is 24.3 Å². The normalized spacial score (nSPS) is 16.0. The van der Waals surface area contributed by atoms with Gasteiger partial charge in [-0.15, -0.1) is 0 Å². The lowest BCUT2D eigenvalue weighted by Crippen LogP contribution is -2.47. The van der Waals surface area contributed by atoms with E-state index in [-0.39, 0.29) is 24.0 Å². The number of likely N-dealkylation sites (tertiary alicyclic amines) is 1. The van der Waals surface area contributed by atoms with Crippen LogP contribution in [0, 0.1) is 5.92 Å². The molecule has 1 heterocycles. The summed E-state index contributed by atoms with van der Waals surface area (Å²) in [6, 6.07) is 5.72. The Kier molecular flexibility index (Phi) is 9.60. The molecule has 0 aliphatic carbocycles. The van der Waals surface area contributed by atoms with Crippen molar-refractivity contribution in [1.29, 1.82) is 0 Å².